The van der Waals surface area contributed by atoms with Crippen LogP contribution >= 0.6 is 46.2 Å². The first-order chi connectivity index (χ1) is 65.8. The van der Waals surface area contributed by atoms with Crippen LogP contribution < -0.4 is 26.6 Å². The van der Waals surface area contributed by atoms with Gasteiger partial charge in [0.2, 0.25) is 14.7 Å². The fraction of sp³-hybridized carbons (Fsp3) is 0.567. The van der Waals surface area contributed by atoms with E-state index in [-0.39, 0.29) is 82.7 Å². The molecule has 7 aromatic carbocycles. The molecule has 0 radical (unpaired) electrons. The second kappa shape index (κ2) is 41.1. The van der Waals surface area contributed by atoms with Gasteiger partial charge in [0, 0.05) is 103 Å². The van der Waals surface area contributed by atoms with Crippen molar-refractivity contribution in [3.63, 3.8) is 0 Å². The average molecular weight is 2000 g/mol. The number of carbonyl (C=O) groups excluding carboxylic acids is 1. The smallest absolute Gasteiger partial charge is 0.410 e. The van der Waals surface area contributed by atoms with Crippen LogP contribution in [0.2, 0.25) is 4.47 Å². The molecule has 18 nitrogen and oxygen atoms in total. The largest absolute Gasteiger partial charge is 0.444 e. The Balaban J connectivity index is 0.000000142. The molecule has 0 saturated carbocycles. The van der Waals surface area contributed by atoms with E-state index >= 15 is 0 Å². The highest BCUT2D eigenvalue weighted by atomic mass is 35.5. The Morgan fingerprint density at radius 1 is 0.387 bits per heavy atom. The van der Waals surface area contributed by atoms with Crippen LogP contribution in [-0.4, -0.2) is 114 Å². The summed E-state index contributed by atoms with van der Waals surface area (Å²) in [6, 6.07) is 50.0. The van der Waals surface area contributed by atoms with Crippen LogP contribution in [0.25, 0.3) is 34.2 Å². The highest BCUT2D eigenvalue weighted by Crippen LogP contribution is 2.54. The van der Waals surface area contributed by atoms with E-state index < -0.39 is 5.60 Å². The van der Waals surface area contributed by atoms with E-state index in [0.717, 1.165) is 107 Å². The molecule has 1 amide bonds. The van der Waals surface area contributed by atoms with E-state index in [0.29, 0.717) is 28.4 Å². The number of anilines is 2. The van der Waals surface area contributed by atoms with Crippen molar-refractivity contribution in [3.8, 4) is 40.2 Å². The van der Waals surface area contributed by atoms with Crippen LogP contribution in [0.3, 0.4) is 0 Å². The number of carbonyl (C=O) groups is 1. The van der Waals surface area contributed by atoms with Gasteiger partial charge in [-0.05, 0) is 330 Å². The van der Waals surface area contributed by atoms with Crippen molar-refractivity contribution in [3.05, 3.63) is 233 Å². The molecule has 0 unspecified atom stereocenters. The molecule has 3 aromatic heterocycles. The van der Waals surface area contributed by atoms with E-state index in [2.05, 4.69) is 354 Å². The summed E-state index contributed by atoms with van der Waals surface area (Å²) in [5.41, 5.74) is 39.9. The first-order valence-corrected chi connectivity index (χ1v) is 54.6. The number of amides is 1. The third-order valence-electron chi connectivity index (χ3n) is 33.3. The zero-order valence-electron chi connectivity index (χ0n) is 91.7. The number of piperazine rings is 2. The van der Waals surface area contributed by atoms with Gasteiger partial charge >= 0.3 is 6.09 Å². The van der Waals surface area contributed by atoms with Crippen molar-refractivity contribution in [2.24, 2.45) is 16.6 Å². The molecular weight excluding hydrogens is 1830 g/mol. The lowest BCUT2D eigenvalue weighted by Gasteiger charge is -2.42. The van der Waals surface area contributed by atoms with E-state index in [1.54, 1.807) is 16.0 Å². The molecule has 7 N–H and O–H groups in total. The summed E-state index contributed by atoms with van der Waals surface area (Å²) in [7, 11) is 0. The Hall–Kier alpha value is -9.43. The average Bonchev–Trinajstić information content (AvgIpc) is 1.29. The molecule has 0 atom stereocenters. The highest BCUT2D eigenvalue weighted by Gasteiger charge is 2.45. The van der Waals surface area contributed by atoms with Crippen LogP contribution in [0.1, 0.15) is 399 Å². The summed E-state index contributed by atoms with van der Waals surface area (Å²) in [5.74, 6) is 2.74. The fourth-order valence-corrected chi connectivity index (χ4v) is 24.6. The van der Waals surface area contributed by atoms with Crippen LogP contribution in [-0.2, 0) is 80.5 Å². The zero-order valence-corrected chi connectivity index (χ0v) is 94.9. The number of hydrogen-bond donors (Lipinski definition) is 5. The van der Waals surface area contributed by atoms with Gasteiger partial charge in [-0.15, -0.1) is 0 Å². The number of nitriles is 1. The fourth-order valence-electron chi connectivity index (χ4n) is 22.5. The SMILES string of the molecule is CC(C)(C)OC(=O)N1CCN(c2nc(-c3ccc4c(c3)C(C)(C)CCC4(C)C)ns2)CC1.CC1(C)CCC(C)(C)c2cc(-c3nsc(Cl)n3)ccc21.CC1(C)CCC(C)(C)c2cc(-c3nsc(N4CCNCC4)n3)ccc21.CC1(C)CCC(C)(C)c2cc(/C(N)=N\O)ccc21.CC1(C)CCC(C)(C)c2cc(C#N)ccc21.CC1(C)CCC(C)(C)c2cc(C(=N)N)ccc21.CC1(C)CCC(C)(C)c2ccccc21. The lowest BCUT2D eigenvalue weighted by molar-refractivity contribution is 0.0240. The number of nitrogens with zero attached hydrogens (tertiary/aromatic N) is 11. The number of ether oxygens (including phenoxy) is 1. The zero-order chi connectivity index (χ0) is 104. The molecule has 10 aromatic rings. The number of nitrogens with two attached hydrogens (primary N) is 2. The minimum Gasteiger partial charge on any atom is -0.444 e. The first kappa shape index (κ1) is 110. The molecule has 0 spiro atoms. The lowest BCUT2D eigenvalue weighted by Crippen LogP contribution is -2.50. The van der Waals surface area contributed by atoms with Gasteiger partial charge < -0.3 is 41.4 Å². The third-order valence-corrected chi connectivity index (χ3v) is 35.7. The maximum atomic E-state index is 12.3. The van der Waals surface area contributed by atoms with Crippen molar-refractivity contribution in [1.82, 2.24) is 38.3 Å². The maximum Gasteiger partial charge on any atom is 0.410 e. The Kier molecular flexibility index (Phi) is 31.8. The minimum atomic E-state index is -0.471. The molecule has 0 bridgehead atoms. The second-order valence-electron chi connectivity index (χ2n) is 51.9. The van der Waals surface area contributed by atoms with E-state index in [1.165, 1.54) is 185 Å². The van der Waals surface area contributed by atoms with Crippen LogP contribution in [0, 0.1) is 16.7 Å². The van der Waals surface area contributed by atoms with Gasteiger partial charge in [0.25, 0.3) is 0 Å². The molecule has 9 aliphatic rings. The lowest BCUT2D eigenvalue weighted by atomic mass is 9.63. The number of hydrogen-bond acceptors (Lipinski definition) is 18. The number of nitrogens with one attached hydrogen (secondary N) is 2. The summed E-state index contributed by atoms with van der Waals surface area (Å²) in [4.78, 5) is 32.6. The Bertz CT molecular complexity index is 6260. The van der Waals surface area contributed by atoms with Crippen molar-refractivity contribution in [1.29, 1.82) is 10.7 Å². The topological polar surface area (TPSA) is 258 Å². The van der Waals surface area contributed by atoms with E-state index in [1.807, 2.05) is 39.0 Å². The summed E-state index contributed by atoms with van der Waals surface area (Å²) in [6.07, 6.45) is 16.8. The van der Waals surface area contributed by atoms with Gasteiger partial charge in [0.15, 0.2) is 23.3 Å². The van der Waals surface area contributed by atoms with Crippen molar-refractivity contribution in [2.45, 2.75) is 386 Å². The Labute approximate surface area is 869 Å². The summed E-state index contributed by atoms with van der Waals surface area (Å²) in [6.45, 7) is 77.5. The molecule has 22 heteroatoms. The quantitative estimate of drug-likeness (QED) is 0.0430. The van der Waals surface area contributed by atoms with Gasteiger partial charge in [-0.1, -0.05) is 290 Å². The van der Waals surface area contributed by atoms with Crippen LogP contribution in [0.4, 0.5) is 15.1 Å². The van der Waals surface area contributed by atoms with E-state index in [9.17, 15) is 4.79 Å². The molecule has 764 valence electrons. The highest BCUT2D eigenvalue weighted by molar-refractivity contribution is 7.10. The number of nitrogen functional groups attached to an aromatic ring is 1. The molecule has 2 aliphatic heterocycles. The van der Waals surface area contributed by atoms with Crippen molar-refractivity contribution >= 4 is 74.2 Å². The second-order valence-corrected chi connectivity index (χ2v) is 54.7. The van der Waals surface area contributed by atoms with E-state index in [4.69, 9.17) is 53.7 Å². The normalized spacial score (nSPS) is 21.0. The monoisotopic (exact) mass is 2000 g/mol. The number of amidine groups is 2. The number of halogens is 1. The summed E-state index contributed by atoms with van der Waals surface area (Å²) >= 11 is 10.1. The minimum absolute atomic E-state index is 0.149. The predicted molar refractivity (Wildman–Crippen MR) is 597 cm³/mol. The Morgan fingerprint density at radius 3 is 0.972 bits per heavy atom. The van der Waals surface area contributed by atoms with Gasteiger partial charge in [0.1, 0.15) is 11.4 Å². The summed E-state index contributed by atoms with van der Waals surface area (Å²) in [5, 5.41) is 33.8. The molecule has 2 saturated heterocycles. The molecule has 2 fully saturated rings. The maximum absolute atomic E-state index is 12.3. The number of aromatic nitrogens is 6. The predicted octanol–water partition coefficient (Wildman–Crippen LogP) is 29.2. The van der Waals surface area contributed by atoms with Gasteiger partial charge in [-0.2, -0.15) is 28.4 Å². The number of benzene rings is 7. The van der Waals surface area contributed by atoms with Gasteiger partial charge in [0.05, 0.1) is 11.6 Å². The van der Waals surface area contributed by atoms with Gasteiger partial charge in [-0.3, -0.25) is 5.41 Å². The number of rotatable bonds is 7. The third kappa shape index (κ3) is 24.6. The number of oxime groups is 1. The molecule has 5 heterocycles. The molecule has 142 heavy (non-hydrogen) atoms. The number of fused-ring (bicyclic) bond motifs is 7. The van der Waals surface area contributed by atoms with Crippen LogP contribution in [0.5, 0.6) is 0 Å². The van der Waals surface area contributed by atoms with Crippen molar-refractivity contribution in [2.75, 3.05) is 62.2 Å². The van der Waals surface area contributed by atoms with Gasteiger partial charge in [-0.25, -0.2) is 9.78 Å². The van der Waals surface area contributed by atoms with Crippen LogP contribution in [0.15, 0.2) is 139 Å². The molecular formula is C120H166ClN15O3S3. The first-order valence-electron chi connectivity index (χ1n) is 51.9. The molecule has 7 aliphatic carbocycles. The standard InChI is InChI=1S/C25H36N4O2S.C20H28N4S.C16H19ClN2S.C15H22N2O.C15H22N2.C15H19N.C14H20/c1-23(2,3)31-22(30)29-14-12-28(13-15-29)21-26-20(27-32-21)17-8-9-18-19(16-17)25(6,7)11-10-24(18,4)5;1-19(2)7-8-20(3,4)16-13-14(5-6-15(16)19)17-22-18(25-23-17)24-11-9-21-10-12-24;1-15(2)7-8-16(3,4)12-9-10(5-6-11(12)15)13-18-14(17)20-19-13;1-14(2)7-8-15(3,4)12-9-10(13(16)17-18)5-6-11(12)14;1-14(2)7-8-15(3,4)12-9-10(13(16)17)5-6-11(12)14;1-14(2)7-8-15(3,4)13-9-11(10-16)5-6-12(13)14;1-13(2)9-10-14(3,4)12-8-6-5-7-11(12)13/h8-9,16H,10-15H2,1-7H3;5-6,13,21H,7-12H2,1-4H3;5-6,9H,7-8H2,1-4H3;5-6,9,18H,7-8H2,1-4H3,(H2,16,17);5-6,9H,7-8H2,1-4H3,(H3,16,17);5-6,9H,7-8H2,1-4H3;5-8H,9-10H2,1-4H3. The summed E-state index contributed by atoms with van der Waals surface area (Å²) < 4.78 is 19.7. The Morgan fingerprint density at radius 2 is 0.662 bits per heavy atom. The molecule has 19 rings (SSSR count). The van der Waals surface area contributed by atoms with Crippen molar-refractivity contribution < 1.29 is 14.7 Å².